The monoisotopic (exact) mass is 291 g/mol. The Morgan fingerprint density at radius 3 is 2.33 bits per heavy atom. The van der Waals surface area contributed by atoms with E-state index in [2.05, 4.69) is 12.2 Å². The second-order valence-electron chi connectivity index (χ2n) is 7.03. The standard InChI is InChI=1S/C17H25NO3/c1-10(11-5-3-2-4-6-11)18-16(19)14-12-7-8-13(9-12)15(14)17(20)21/h7-8,10-15H,2-6,9H2,1H3,(H,18,19)(H,20,21)/t10-,12?,13?,14?,15?/m1/s1. The number of rotatable bonds is 4. The molecule has 3 rings (SSSR count). The molecule has 2 bridgehead atoms. The summed E-state index contributed by atoms with van der Waals surface area (Å²) in [4.78, 5) is 24.1. The number of nitrogens with one attached hydrogen (secondary N) is 1. The molecule has 2 N–H and O–H groups in total. The third-order valence-corrected chi connectivity index (χ3v) is 5.77. The highest BCUT2D eigenvalue weighted by Gasteiger charge is 2.51. The minimum atomic E-state index is -0.822. The molecule has 4 nitrogen and oxygen atoms in total. The molecule has 2 saturated carbocycles. The first-order valence-corrected chi connectivity index (χ1v) is 8.29. The van der Waals surface area contributed by atoms with Crippen LogP contribution in [0, 0.1) is 29.6 Å². The zero-order valence-electron chi connectivity index (χ0n) is 12.6. The highest BCUT2D eigenvalue weighted by Crippen LogP contribution is 2.48. The van der Waals surface area contributed by atoms with Crippen molar-refractivity contribution in [2.24, 2.45) is 29.6 Å². The van der Waals surface area contributed by atoms with Gasteiger partial charge in [0.2, 0.25) is 5.91 Å². The summed E-state index contributed by atoms with van der Waals surface area (Å²) in [5.41, 5.74) is 0. The van der Waals surface area contributed by atoms with Crippen LogP contribution in [0.4, 0.5) is 0 Å². The molecule has 1 amide bonds. The van der Waals surface area contributed by atoms with Crippen LogP contribution in [0.3, 0.4) is 0 Å². The molecule has 2 fully saturated rings. The smallest absolute Gasteiger partial charge is 0.307 e. The minimum Gasteiger partial charge on any atom is -0.481 e. The lowest BCUT2D eigenvalue weighted by Crippen LogP contribution is -2.46. The Morgan fingerprint density at radius 1 is 1.10 bits per heavy atom. The third-order valence-electron chi connectivity index (χ3n) is 5.77. The van der Waals surface area contributed by atoms with Gasteiger partial charge in [-0.1, -0.05) is 31.4 Å². The molecule has 3 aliphatic rings. The van der Waals surface area contributed by atoms with E-state index in [1.54, 1.807) is 0 Å². The van der Waals surface area contributed by atoms with E-state index in [0.717, 1.165) is 6.42 Å². The van der Waals surface area contributed by atoms with E-state index in [1.807, 2.05) is 12.2 Å². The topological polar surface area (TPSA) is 66.4 Å². The van der Waals surface area contributed by atoms with Gasteiger partial charge in [-0.25, -0.2) is 0 Å². The zero-order chi connectivity index (χ0) is 15.0. The first-order chi connectivity index (χ1) is 10.1. The number of amides is 1. The average Bonchev–Trinajstić information content (AvgIpc) is 3.08. The summed E-state index contributed by atoms with van der Waals surface area (Å²) in [6, 6.07) is 0.162. The van der Waals surface area contributed by atoms with Gasteiger partial charge < -0.3 is 10.4 Å². The second kappa shape index (κ2) is 5.82. The molecule has 0 heterocycles. The Hall–Kier alpha value is -1.32. The number of carboxylic acid groups (broad SMARTS) is 1. The maximum Gasteiger partial charge on any atom is 0.307 e. The minimum absolute atomic E-state index is 0.0441. The Bertz CT molecular complexity index is 453. The normalized spacial score (nSPS) is 36.6. The van der Waals surface area contributed by atoms with E-state index in [-0.39, 0.29) is 29.7 Å². The van der Waals surface area contributed by atoms with Gasteiger partial charge in [0.05, 0.1) is 11.8 Å². The van der Waals surface area contributed by atoms with Gasteiger partial charge >= 0.3 is 5.97 Å². The number of hydrogen-bond acceptors (Lipinski definition) is 2. The van der Waals surface area contributed by atoms with Crippen molar-refractivity contribution in [2.45, 2.75) is 51.5 Å². The van der Waals surface area contributed by atoms with Gasteiger partial charge in [-0.15, -0.1) is 0 Å². The molecule has 0 aromatic rings. The molecule has 4 heteroatoms. The van der Waals surface area contributed by atoms with Gasteiger partial charge in [-0.3, -0.25) is 9.59 Å². The van der Waals surface area contributed by atoms with E-state index in [4.69, 9.17) is 0 Å². The largest absolute Gasteiger partial charge is 0.481 e. The Kier molecular flexibility index (Phi) is 4.05. The van der Waals surface area contributed by atoms with E-state index in [9.17, 15) is 14.7 Å². The van der Waals surface area contributed by atoms with Crippen molar-refractivity contribution in [1.29, 1.82) is 0 Å². The molecular weight excluding hydrogens is 266 g/mol. The average molecular weight is 291 g/mol. The lowest BCUT2D eigenvalue weighted by molar-refractivity contribution is -0.148. The van der Waals surface area contributed by atoms with Crippen LogP contribution in [-0.4, -0.2) is 23.0 Å². The number of aliphatic carboxylic acids is 1. The number of allylic oxidation sites excluding steroid dienone is 2. The van der Waals surface area contributed by atoms with Crippen molar-refractivity contribution >= 4 is 11.9 Å². The highest BCUT2D eigenvalue weighted by molar-refractivity contribution is 5.87. The van der Waals surface area contributed by atoms with Crippen LogP contribution in [0.15, 0.2) is 12.2 Å². The van der Waals surface area contributed by atoms with Crippen LogP contribution in [0.25, 0.3) is 0 Å². The summed E-state index contributed by atoms with van der Waals surface area (Å²) in [6.07, 6.45) is 11.0. The number of carboxylic acids is 1. The zero-order valence-corrected chi connectivity index (χ0v) is 12.6. The molecule has 0 aromatic heterocycles. The van der Waals surface area contributed by atoms with Crippen LogP contribution in [0.2, 0.25) is 0 Å². The predicted molar refractivity (Wildman–Crippen MR) is 79.5 cm³/mol. The van der Waals surface area contributed by atoms with Crippen molar-refractivity contribution in [3.8, 4) is 0 Å². The van der Waals surface area contributed by atoms with E-state index in [1.165, 1.54) is 32.1 Å². The van der Waals surface area contributed by atoms with Gasteiger partial charge in [0, 0.05) is 6.04 Å². The lowest BCUT2D eigenvalue weighted by Gasteiger charge is -2.31. The summed E-state index contributed by atoms with van der Waals surface area (Å²) in [6.45, 7) is 2.08. The van der Waals surface area contributed by atoms with E-state index in [0.29, 0.717) is 5.92 Å². The SMILES string of the molecule is C[C@@H](NC(=O)C1C2C=CC(C2)C1C(=O)O)C1CCCCC1. The van der Waals surface area contributed by atoms with Crippen LogP contribution in [0.1, 0.15) is 45.4 Å². The first kappa shape index (κ1) is 14.6. The summed E-state index contributed by atoms with van der Waals surface area (Å²) in [5.74, 6) is -1.04. The molecule has 3 aliphatic carbocycles. The maximum absolute atomic E-state index is 12.6. The van der Waals surface area contributed by atoms with Gasteiger partial charge in [-0.2, -0.15) is 0 Å². The van der Waals surface area contributed by atoms with Gasteiger partial charge in [0.1, 0.15) is 0 Å². The molecule has 21 heavy (non-hydrogen) atoms. The number of hydrogen-bond donors (Lipinski definition) is 2. The van der Waals surface area contributed by atoms with Crippen LogP contribution in [-0.2, 0) is 9.59 Å². The van der Waals surface area contributed by atoms with E-state index < -0.39 is 11.9 Å². The summed E-state index contributed by atoms with van der Waals surface area (Å²) < 4.78 is 0. The van der Waals surface area contributed by atoms with Crippen LogP contribution >= 0.6 is 0 Å². The third kappa shape index (κ3) is 2.72. The van der Waals surface area contributed by atoms with Crippen molar-refractivity contribution in [2.75, 3.05) is 0 Å². The summed E-state index contributed by atoms with van der Waals surface area (Å²) >= 11 is 0. The molecule has 0 saturated heterocycles. The molecule has 116 valence electrons. The van der Waals surface area contributed by atoms with Gasteiger partial charge in [-0.05, 0) is 43.9 Å². The fraction of sp³-hybridized carbons (Fsp3) is 0.765. The molecule has 0 spiro atoms. The number of carbonyl (C=O) groups excluding carboxylic acids is 1. The van der Waals surface area contributed by atoms with Crippen LogP contribution < -0.4 is 5.32 Å². The molecule has 0 aromatic carbocycles. The number of carbonyl (C=O) groups is 2. The molecule has 0 radical (unpaired) electrons. The lowest BCUT2D eigenvalue weighted by atomic mass is 9.81. The van der Waals surface area contributed by atoms with Crippen molar-refractivity contribution < 1.29 is 14.7 Å². The molecule has 0 aliphatic heterocycles. The second-order valence-corrected chi connectivity index (χ2v) is 7.03. The number of fused-ring (bicyclic) bond motifs is 2. The first-order valence-electron chi connectivity index (χ1n) is 8.29. The molecule has 4 unspecified atom stereocenters. The Balaban J connectivity index is 1.64. The van der Waals surface area contributed by atoms with Crippen molar-refractivity contribution in [3.63, 3.8) is 0 Å². The van der Waals surface area contributed by atoms with Crippen molar-refractivity contribution in [3.05, 3.63) is 12.2 Å². The predicted octanol–water partition coefficient (Wildman–Crippen LogP) is 2.59. The fourth-order valence-corrected chi connectivity index (χ4v) is 4.59. The molecular formula is C17H25NO3. The molecule has 5 atom stereocenters. The fourth-order valence-electron chi connectivity index (χ4n) is 4.59. The van der Waals surface area contributed by atoms with Gasteiger partial charge in [0.15, 0.2) is 0 Å². The van der Waals surface area contributed by atoms with Crippen LogP contribution in [0.5, 0.6) is 0 Å². The highest BCUT2D eigenvalue weighted by atomic mass is 16.4. The maximum atomic E-state index is 12.6. The van der Waals surface area contributed by atoms with Crippen molar-refractivity contribution in [1.82, 2.24) is 5.32 Å². The summed E-state index contributed by atoms with van der Waals surface area (Å²) in [7, 11) is 0. The quantitative estimate of drug-likeness (QED) is 0.782. The Morgan fingerprint density at radius 2 is 1.71 bits per heavy atom. The van der Waals surface area contributed by atoms with E-state index >= 15 is 0 Å². The summed E-state index contributed by atoms with van der Waals surface area (Å²) in [5, 5.41) is 12.5. The Labute approximate surface area is 126 Å². The van der Waals surface area contributed by atoms with Gasteiger partial charge in [0.25, 0.3) is 0 Å².